The molecule has 1 heterocycles. The molecule has 106 valence electrons. The summed E-state index contributed by atoms with van der Waals surface area (Å²) in [4.78, 5) is 25.8. The molecule has 0 saturated carbocycles. The third-order valence-corrected chi connectivity index (χ3v) is 3.90. The number of hydrogen-bond donors (Lipinski definition) is 1. The van der Waals surface area contributed by atoms with Gasteiger partial charge in [-0.15, -0.1) is 6.58 Å². The smallest absolute Gasteiger partial charge is 0.244 e. The van der Waals surface area contributed by atoms with E-state index in [0.717, 1.165) is 15.7 Å². The first-order valence-electron chi connectivity index (χ1n) is 6.52. The predicted molar refractivity (Wildman–Crippen MR) is 82.3 cm³/mol. The van der Waals surface area contributed by atoms with Crippen molar-refractivity contribution in [2.24, 2.45) is 0 Å². The molecule has 0 aliphatic carbocycles. The van der Waals surface area contributed by atoms with Crippen LogP contribution in [0.4, 0.5) is 5.69 Å². The lowest BCUT2D eigenvalue weighted by Gasteiger charge is -2.27. The van der Waals surface area contributed by atoms with Crippen LogP contribution < -0.4 is 5.32 Å². The number of fused-ring (bicyclic) bond motifs is 1. The number of nitrogens with zero attached hydrogens (tertiary/aromatic N) is 1. The summed E-state index contributed by atoms with van der Waals surface area (Å²) in [7, 11) is 0. The summed E-state index contributed by atoms with van der Waals surface area (Å²) >= 11 is 3.43. The molecule has 1 atom stereocenters. The fourth-order valence-electron chi connectivity index (χ4n) is 2.32. The molecule has 1 aliphatic heterocycles. The Bertz CT molecular complexity index is 557. The SMILES string of the molecule is C=CCCC(=O)N1CC(=O)Nc2ccc(Br)cc2C1C. The number of allylic oxidation sites excluding steroid dienone is 1. The zero-order chi connectivity index (χ0) is 14.7. The van der Waals surface area contributed by atoms with Crippen molar-refractivity contribution >= 4 is 33.4 Å². The van der Waals surface area contributed by atoms with Gasteiger partial charge >= 0.3 is 0 Å². The summed E-state index contributed by atoms with van der Waals surface area (Å²) in [6.07, 6.45) is 2.71. The number of nitrogens with one attached hydrogen (secondary N) is 1. The van der Waals surface area contributed by atoms with E-state index in [1.54, 1.807) is 11.0 Å². The van der Waals surface area contributed by atoms with Crippen molar-refractivity contribution in [2.45, 2.75) is 25.8 Å². The van der Waals surface area contributed by atoms with Crippen molar-refractivity contribution in [3.8, 4) is 0 Å². The molecule has 0 fully saturated rings. The van der Waals surface area contributed by atoms with Crippen molar-refractivity contribution in [2.75, 3.05) is 11.9 Å². The summed E-state index contributed by atoms with van der Waals surface area (Å²) in [5, 5.41) is 2.85. The van der Waals surface area contributed by atoms with Gasteiger partial charge in [0.2, 0.25) is 11.8 Å². The van der Waals surface area contributed by atoms with Crippen LogP contribution in [0.15, 0.2) is 35.3 Å². The Morgan fingerprint density at radius 3 is 3.05 bits per heavy atom. The summed E-state index contributed by atoms with van der Waals surface area (Å²) in [5.74, 6) is -0.190. The molecule has 0 aromatic heterocycles. The van der Waals surface area contributed by atoms with Gasteiger partial charge in [0.25, 0.3) is 0 Å². The Hall–Kier alpha value is -1.62. The zero-order valence-electron chi connectivity index (χ0n) is 11.4. The third kappa shape index (κ3) is 3.10. The quantitative estimate of drug-likeness (QED) is 0.861. The van der Waals surface area contributed by atoms with Gasteiger partial charge in [-0.25, -0.2) is 0 Å². The fraction of sp³-hybridized carbons (Fsp3) is 0.333. The summed E-state index contributed by atoms with van der Waals surface area (Å²) in [6.45, 7) is 5.65. The molecule has 20 heavy (non-hydrogen) atoms. The van der Waals surface area contributed by atoms with E-state index in [2.05, 4.69) is 27.8 Å². The second-order valence-electron chi connectivity index (χ2n) is 4.80. The average Bonchev–Trinajstić information content (AvgIpc) is 2.54. The number of benzene rings is 1. The second-order valence-corrected chi connectivity index (χ2v) is 5.72. The van der Waals surface area contributed by atoms with Crippen LogP contribution in [0.5, 0.6) is 0 Å². The van der Waals surface area contributed by atoms with Gasteiger partial charge in [-0.1, -0.05) is 22.0 Å². The van der Waals surface area contributed by atoms with E-state index >= 15 is 0 Å². The van der Waals surface area contributed by atoms with Gasteiger partial charge in [0.15, 0.2) is 0 Å². The minimum Gasteiger partial charge on any atom is -0.327 e. The number of rotatable bonds is 3. The van der Waals surface area contributed by atoms with Crippen LogP contribution in [0.1, 0.15) is 31.4 Å². The van der Waals surface area contributed by atoms with Crippen LogP contribution in [-0.4, -0.2) is 23.3 Å². The maximum Gasteiger partial charge on any atom is 0.244 e. The first kappa shape index (κ1) is 14.8. The molecule has 2 amide bonds. The number of halogens is 1. The molecule has 0 spiro atoms. The monoisotopic (exact) mass is 336 g/mol. The number of carbonyl (C=O) groups excluding carboxylic acids is 2. The normalized spacial score (nSPS) is 18.0. The van der Waals surface area contributed by atoms with Crippen LogP contribution in [0.2, 0.25) is 0 Å². The molecule has 0 bridgehead atoms. The number of anilines is 1. The van der Waals surface area contributed by atoms with Gasteiger partial charge < -0.3 is 10.2 Å². The third-order valence-electron chi connectivity index (χ3n) is 3.40. The van der Waals surface area contributed by atoms with Crippen molar-refractivity contribution in [1.82, 2.24) is 4.90 Å². The largest absolute Gasteiger partial charge is 0.327 e. The highest BCUT2D eigenvalue weighted by Crippen LogP contribution is 2.32. The summed E-state index contributed by atoms with van der Waals surface area (Å²) < 4.78 is 0.928. The van der Waals surface area contributed by atoms with Crippen LogP contribution in [0.3, 0.4) is 0 Å². The molecule has 1 aromatic carbocycles. The van der Waals surface area contributed by atoms with Gasteiger partial charge in [-0.05, 0) is 37.1 Å². The summed E-state index contributed by atoms with van der Waals surface area (Å²) in [5.41, 5.74) is 1.71. The van der Waals surface area contributed by atoms with Gasteiger partial charge in [0.05, 0.1) is 6.04 Å². The van der Waals surface area contributed by atoms with Crippen LogP contribution >= 0.6 is 15.9 Å². The van der Waals surface area contributed by atoms with Gasteiger partial charge in [0, 0.05) is 16.6 Å². The van der Waals surface area contributed by atoms with Gasteiger partial charge in [0.1, 0.15) is 6.54 Å². The minimum atomic E-state index is -0.162. The van der Waals surface area contributed by atoms with Crippen molar-refractivity contribution in [1.29, 1.82) is 0 Å². The van der Waals surface area contributed by atoms with E-state index in [4.69, 9.17) is 0 Å². The Balaban J connectivity index is 2.33. The van der Waals surface area contributed by atoms with E-state index < -0.39 is 0 Å². The molecule has 4 nitrogen and oxygen atoms in total. The number of carbonyl (C=O) groups is 2. The molecule has 1 aromatic rings. The van der Waals surface area contributed by atoms with Gasteiger partial charge in [-0.3, -0.25) is 9.59 Å². The standard InChI is InChI=1S/C15H17BrN2O2/c1-3-4-5-15(20)18-9-14(19)17-13-7-6-11(16)8-12(13)10(18)2/h3,6-8,10H,1,4-5,9H2,2H3,(H,17,19). The minimum absolute atomic E-state index is 0.0274. The Morgan fingerprint density at radius 2 is 2.35 bits per heavy atom. The van der Waals surface area contributed by atoms with Crippen LogP contribution in [0.25, 0.3) is 0 Å². The predicted octanol–water partition coefficient (Wildman–Crippen LogP) is 3.26. The molecular weight excluding hydrogens is 320 g/mol. The maximum absolute atomic E-state index is 12.2. The highest BCUT2D eigenvalue weighted by atomic mass is 79.9. The zero-order valence-corrected chi connectivity index (χ0v) is 12.9. The first-order chi connectivity index (χ1) is 9.52. The van der Waals surface area contributed by atoms with Crippen LogP contribution in [-0.2, 0) is 9.59 Å². The molecule has 5 heteroatoms. The highest BCUT2D eigenvalue weighted by molar-refractivity contribution is 9.10. The lowest BCUT2D eigenvalue weighted by molar-refractivity contribution is -0.136. The van der Waals surface area contributed by atoms with E-state index in [0.29, 0.717) is 12.8 Å². The Labute approximate surface area is 127 Å². The summed E-state index contributed by atoms with van der Waals surface area (Å²) in [6, 6.07) is 5.53. The number of amides is 2. The molecule has 1 N–H and O–H groups in total. The Morgan fingerprint density at radius 1 is 1.60 bits per heavy atom. The molecule has 2 rings (SSSR count). The first-order valence-corrected chi connectivity index (χ1v) is 7.32. The molecule has 1 unspecified atom stereocenters. The fourth-order valence-corrected chi connectivity index (χ4v) is 2.69. The number of hydrogen-bond acceptors (Lipinski definition) is 2. The van der Waals surface area contributed by atoms with E-state index in [9.17, 15) is 9.59 Å². The average molecular weight is 337 g/mol. The molecule has 1 aliphatic rings. The van der Waals surface area contributed by atoms with Crippen molar-refractivity contribution in [3.05, 3.63) is 40.9 Å². The molecular formula is C15H17BrN2O2. The van der Waals surface area contributed by atoms with E-state index in [1.807, 2.05) is 25.1 Å². The van der Waals surface area contributed by atoms with Crippen LogP contribution in [0, 0.1) is 0 Å². The molecule has 0 saturated heterocycles. The second kappa shape index (κ2) is 6.22. The topological polar surface area (TPSA) is 49.4 Å². The van der Waals surface area contributed by atoms with Crippen molar-refractivity contribution < 1.29 is 9.59 Å². The van der Waals surface area contributed by atoms with E-state index in [-0.39, 0.29) is 24.4 Å². The van der Waals surface area contributed by atoms with Crippen molar-refractivity contribution in [3.63, 3.8) is 0 Å². The van der Waals surface area contributed by atoms with E-state index in [1.165, 1.54) is 0 Å². The highest BCUT2D eigenvalue weighted by Gasteiger charge is 2.28. The lowest BCUT2D eigenvalue weighted by Crippen LogP contribution is -2.37. The maximum atomic E-state index is 12.2. The molecule has 0 radical (unpaired) electrons. The Kier molecular flexibility index (Phi) is 4.60. The van der Waals surface area contributed by atoms with Gasteiger partial charge in [-0.2, -0.15) is 0 Å². The lowest BCUT2D eigenvalue weighted by atomic mass is 10.0.